The van der Waals surface area contributed by atoms with Crippen molar-refractivity contribution in [3.05, 3.63) is 29.6 Å². The van der Waals surface area contributed by atoms with Crippen molar-refractivity contribution in [2.75, 3.05) is 20.6 Å². The van der Waals surface area contributed by atoms with Crippen molar-refractivity contribution >= 4 is 12.0 Å². The molecule has 0 bridgehead atoms. The molecule has 116 valence electrons. The van der Waals surface area contributed by atoms with E-state index in [4.69, 9.17) is 5.11 Å². The SMILES string of the molecule is CN(C)C(C)(C)CNC(=O)NCc1cc(C(=O)O)ccn1. The Hall–Kier alpha value is -2.15. The van der Waals surface area contributed by atoms with E-state index in [1.807, 2.05) is 32.8 Å². The summed E-state index contributed by atoms with van der Waals surface area (Å²) in [5.41, 5.74) is 0.492. The first kappa shape index (κ1) is 16.9. The van der Waals surface area contributed by atoms with Crippen LogP contribution >= 0.6 is 0 Å². The summed E-state index contributed by atoms with van der Waals surface area (Å²) in [5.74, 6) is -1.02. The maximum absolute atomic E-state index is 11.7. The number of carbonyl (C=O) groups is 2. The van der Waals surface area contributed by atoms with Gasteiger partial charge in [0.1, 0.15) is 0 Å². The summed E-state index contributed by atoms with van der Waals surface area (Å²) >= 11 is 0. The highest BCUT2D eigenvalue weighted by atomic mass is 16.4. The molecular weight excluding hydrogens is 272 g/mol. The first-order valence-corrected chi connectivity index (χ1v) is 6.60. The van der Waals surface area contributed by atoms with E-state index in [0.29, 0.717) is 12.2 Å². The zero-order chi connectivity index (χ0) is 16.0. The Kier molecular flexibility index (Phi) is 5.66. The Balaban J connectivity index is 2.47. The minimum atomic E-state index is -1.02. The number of hydrogen-bond acceptors (Lipinski definition) is 4. The number of hydrogen-bond donors (Lipinski definition) is 3. The fourth-order valence-electron chi connectivity index (χ4n) is 1.40. The first-order chi connectivity index (χ1) is 9.72. The second-order valence-corrected chi connectivity index (χ2v) is 5.58. The van der Waals surface area contributed by atoms with E-state index in [-0.39, 0.29) is 23.7 Å². The highest BCUT2D eigenvalue weighted by molar-refractivity contribution is 5.87. The van der Waals surface area contributed by atoms with Gasteiger partial charge in [0.15, 0.2) is 0 Å². The summed E-state index contributed by atoms with van der Waals surface area (Å²) in [6.07, 6.45) is 1.41. The molecule has 2 amide bonds. The van der Waals surface area contributed by atoms with E-state index in [0.717, 1.165) is 0 Å². The van der Waals surface area contributed by atoms with Crippen LogP contribution in [0.25, 0.3) is 0 Å². The van der Waals surface area contributed by atoms with Crippen LogP contribution in [0.1, 0.15) is 29.9 Å². The molecule has 0 radical (unpaired) electrons. The van der Waals surface area contributed by atoms with Crippen molar-refractivity contribution in [2.24, 2.45) is 0 Å². The van der Waals surface area contributed by atoms with Crippen LogP contribution in [0.15, 0.2) is 18.3 Å². The molecule has 0 aliphatic rings. The van der Waals surface area contributed by atoms with Gasteiger partial charge < -0.3 is 20.6 Å². The number of aromatic nitrogens is 1. The van der Waals surface area contributed by atoms with Crippen LogP contribution < -0.4 is 10.6 Å². The fraction of sp³-hybridized carbons (Fsp3) is 0.500. The second kappa shape index (κ2) is 7.03. The lowest BCUT2D eigenvalue weighted by atomic mass is 10.1. The van der Waals surface area contributed by atoms with E-state index in [2.05, 4.69) is 15.6 Å². The van der Waals surface area contributed by atoms with Crippen molar-refractivity contribution < 1.29 is 14.7 Å². The van der Waals surface area contributed by atoms with E-state index in [1.165, 1.54) is 18.3 Å². The smallest absolute Gasteiger partial charge is 0.335 e. The third-order valence-electron chi connectivity index (χ3n) is 3.39. The van der Waals surface area contributed by atoms with Crippen LogP contribution in [0, 0.1) is 0 Å². The van der Waals surface area contributed by atoms with Crippen molar-refractivity contribution in [3.63, 3.8) is 0 Å². The normalized spacial score (nSPS) is 11.3. The standard InChI is InChI=1S/C14H22N4O3/c1-14(2,18(3)4)9-17-13(21)16-8-11-7-10(12(19)20)5-6-15-11/h5-7H,8-9H2,1-4H3,(H,19,20)(H2,16,17,21). The number of urea groups is 1. The average molecular weight is 294 g/mol. The Labute approximate surface area is 124 Å². The zero-order valence-corrected chi connectivity index (χ0v) is 12.8. The van der Waals surface area contributed by atoms with Gasteiger partial charge in [0.2, 0.25) is 0 Å². The fourth-order valence-corrected chi connectivity index (χ4v) is 1.40. The third-order valence-corrected chi connectivity index (χ3v) is 3.39. The molecule has 0 aliphatic carbocycles. The number of nitrogens with zero attached hydrogens (tertiary/aromatic N) is 2. The van der Waals surface area contributed by atoms with E-state index < -0.39 is 5.97 Å². The molecule has 1 rings (SSSR count). The van der Waals surface area contributed by atoms with Crippen LogP contribution in [0.2, 0.25) is 0 Å². The Morgan fingerprint density at radius 1 is 1.33 bits per heavy atom. The lowest BCUT2D eigenvalue weighted by Gasteiger charge is -2.32. The van der Waals surface area contributed by atoms with Gasteiger partial charge in [-0.3, -0.25) is 4.98 Å². The largest absolute Gasteiger partial charge is 0.478 e. The second-order valence-electron chi connectivity index (χ2n) is 5.58. The maximum atomic E-state index is 11.7. The molecule has 0 fully saturated rings. The number of carbonyl (C=O) groups excluding carboxylic acids is 1. The molecule has 0 spiro atoms. The van der Waals surface area contributed by atoms with Gasteiger partial charge in [0.05, 0.1) is 17.8 Å². The van der Waals surface area contributed by atoms with Crippen molar-refractivity contribution in [1.29, 1.82) is 0 Å². The predicted octanol–water partition coefficient (Wildman–Crippen LogP) is 0.919. The molecule has 0 saturated carbocycles. The van der Waals surface area contributed by atoms with Gasteiger partial charge in [-0.05, 0) is 40.1 Å². The Morgan fingerprint density at radius 3 is 2.57 bits per heavy atom. The van der Waals surface area contributed by atoms with Crippen LogP contribution in [-0.4, -0.2) is 53.2 Å². The molecule has 3 N–H and O–H groups in total. The van der Waals surface area contributed by atoms with Crippen LogP contribution in [0.4, 0.5) is 4.79 Å². The Bertz CT molecular complexity index is 515. The first-order valence-electron chi connectivity index (χ1n) is 6.60. The van der Waals surface area contributed by atoms with Crippen LogP contribution in [-0.2, 0) is 6.54 Å². The number of carboxylic acids is 1. The average Bonchev–Trinajstić information content (AvgIpc) is 2.43. The molecule has 7 heteroatoms. The number of rotatable bonds is 6. The predicted molar refractivity (Wildman–Crippen MR) is 79.2 cm³/mol. The van der Waals surface area contributed by atoms with Crippen molar-refractivity contribution in [3.8, 4) is 0 Å². The number of carboxylic acid groups (broad SMARTS) is 1. The molecule has 7 nitrogen and oxygen atoms in total. The number of amides is 2. The summed E-state index contributed by atoms with van der Waals surface area (Å²) in [6, 6.07) is 2.53. The summed E-state index contributed by atoms with van der Waals surface area (Å²) in [6.45, 7) is 4.71. The molecule has 1 heterocycles. The van der Waals surface area contributed by atoms with Gasteiger partial charge in [0, 0.05) is 18.3 Å². The quantitative estimate of drug-likeness (QED) is 0.725. The molecule has 0 aromatic carbocycles. The van der Waals surface area contributed by atoms with Gasteiger partial charge in [0.25, 0.3) is 0 Å². The van der Waals surface area contributed by atoms with Gasteiger partial charge in [-0.25, -0.2) is 9.59 Å². The van der Waals surface area contributed by atoms with Gasteiger partial charge in [-0.2, -0.15) is 0 Å². The van der Waals surface area contributed by atoms with E-state index in [9.17, 15) is 9.59 Å². The summed E-state index contributed by atoms with van der Waals surface area (Å²) in [7, 11) is 3.89. The number of likely N-dealkylation sites (N-methyl/N-ethyl adjacent to an activating group) is 1. The lowest BCUT2D eigenvalue weighted by Crippen LogP contribution is -2.50. The van der Waals surface area contributed by atoms with Gasteiger partial charge >= 0.3 is 12.0 Å². The van der Waals surface area contributed by atoms with E-state index >= 15 is 0 Å². The summed E-state index contributed by atoms with van der Waals surface area (Å²) < 4.78 is 0. The molecular formula is C14H22N4O3. The Morgan fingerprint density at radius 2 is 2.00 bits per heavy atom. The minimum Gasteiger partial charge on any atom is -0.478 e. The molecule has 0 atom stereocenters. The van der Waals surface area contributed by atoms with E-state index in [1.54, 1.807) is 0 Å². The molecule has 0 unspecified atom stereocenters. The molecule has 21 heavy (non-hydrogen) atoms. The summed E-state index contributed by atoms with van der Waals surface area (Å²) in [4.78, 5) is 28.6. The van der Waals surface area contributed by atoms with Crippen molar-refractivity contribution in [1.82, 2.24) is 20.5 Å². The maximum Gasteiger partial charge on any atom is 0.335 e. The minimum absolute atomic E-state index is 0.149. The number of pyridine rings is 1. The van der Waals surface area contributed by atoms with Crippen LogP contribution in [0.3, 0.4) is 0 Å². The van der Waals surface area contributed by atoms with Gasteiger partial charge in [-0.1, -0.05) is 0 Å². The highest BCUT2D eigenvalue weighted by Crippen LogP contribution is 2.07. The van der Waals surface area contributed by atoms with Crippen LogP contribution in [0.5, 0.6) is 0 Å². The molecule has 1 aromatic rings. The topological polar surface area (TPSA) is 94.6 Å². The van der Waals surface area contributed by atoms with Gasteiger partial charge in [-0.15, -0.1) is 0 Å². The number of nitrogens with one attached hydrogen (secondary N) is 2. The molecule has 1 aromatic heterocycles. The summed E-state index contributed by atoms with van der Waals surface area (Å²) in [5, 5.41) is 14.3. The lowest BCUT2D eigenvalue weighted by molar-refractivity contribution is 0.0696. The van der Waals surface area contributed by atoms with Crippen molar-refractivity contribution in [2.45, 2.75) is 25.9 Å². The molecule has 0 saturated heterocycles. The molecule has 0 aliphatic heterocycles. The monoisotopic (exact) mass is 294 g/mol. The zero-order valence-electron chi connectivity index (χ0n) is 12.8. The highest BCUT2D eigenvalue weighted by Gasteiger charge is 2.20. The third kappa shape index (κ3) is 5.39. The number of aromatic carboxylic acids is 1.